The van der Waals surface area contributed by atoms with Crippen LogP contribution >= 0.6 is 0 Å². The Bertz CT molecular complexity index is 934. The smallest absolute Gasteiger partial charge is 0.221 e. The molecule has 0 atom stereocenters. The molecule has 0 aromatic heterocycles. The minimum Gasteiger partial charge on any atom is -0.493 e. The summed E-state index contributed by atoms with van der Waals surface area (Å²) < 4.78 is 11.8. The van der Waals surface area contributed by atoms with Crippen LogP contribution in [0, 0.1) is 0 Å². The quantitative estimate of drug-likeness (QED) is 0.685. The number of hydrazone groups is 1. The van der Waals surface area contributed by atoms with Crippen LogP contribution in [0.15, 0.2) is 47.6 Å². The van der Waals surface area contributed by atoms with Gasteiger partial charge >= 0.3 is 0 Å². The number of hydrogen-bond acceptors (Lipinski definition) is 5. The van der Waals surface area contributed by atoms with Gasteiger partial charge < -0.3 is 14.8 Å². The van der Waals surface area contributed by atoms with E-state index in [0.29, 0.717) is 0 Å². The van der Waals surface area contributed by atoms with E-state index in [2.05, 4.69) is 22.5 Å². The van der Waals surface area contributed by atoms with Gasteiger partial charge in [-0.1, -0.05) is 12.1 Å². The summed E-state index contributed by atoms with van der Waals surface area (Å²) in [6, 6.07) is 14.1. The third kappa shape index (κ3) is 5.57. The Hall–Kier alpha value is -3.02. The number of nitrogens with zero attached hydrogens (tertiary/aromatic N) is 2. The Morgan fingerprint density at radius 2 is 1.87 bits per heavy atom. The molecule has 1 N–H and O–H groups in total. The van der Waals surface area contributed by atoms with Gasteiger partial charge in [-0.2, -0.15) is 5.10 Å². The largest absolute Gasteiger partial charge is 0.493 e. The maximum Gasteiger partial charge on any atom is 0.221 e. The number of amides is 1. The molecule has 2 aromatic rings. The molecule has 1 fully saturated rings. The number of carbonyl (C=O) groups excluding carboxylic acids is 1. The van der Waals surface area contributed by atoms with E-state index < -0.39 is 0 Å². The summed E-state index contributed by atoms with van der Waals surface area (Å²) in [6.07, 6.45) is 7.00. The van der Waals surface area contributed by atoms with E-state index in [0.717, 1.165) is 67.2 Å². The highest BCUT2D eigenvalue weighted by molar-refractivity contribution is 6.01. The van der Waals surface area contributed by atoms with E-state index in [9.17, 15) is 4.79 Å². The van der Waals surface area contributed by atoms with Crippen molar-refractivity contribution >= 4 is 17.3 Å². The van der Waals surface area contributed by atoms with E-state index in [1.165, 1.54) is 25.3 Å². The minimum atomic E-state index is -0.0613. The summed E-state index contributed by atoms with van der Waals surface area (Å²) in [5, 5.41) is 9.85. The summed E-state index contributed by atoms with van der Waals surface area (Å²) in [7, 11) is 1.69. The van der Waals surface area contributed by atoms with Crippen molar-refractivity contribution in [3.05, 3.63) is 53.6 Å². The Balaban J connectivity index is 1.48. The first kappa shape index (κ1) is 21.2. The van der Waals surface area contributed by atoms with Crippen molar-refractivity contribution in [2.45, 2.75) is 58.1 Å². The molecule has 0 unspecified atom stereocenters. The van der Waals surface area contributed by atoms with Crippen LogP contribution in [-0.2, 0) is 11.3 Å². The highest BCUT2D eigenvalue weighted by Gasteiger charge is 2.20. The van der Waals surface area contributed by atoms with Gasteiger partial charge in [0.25, 0.3) is 0 Å². The molecule has 6 heteroatoms. The number of ether oxygens (including phenoxy) is 2. The van der Waals surface area contributed by atoms with Gasteiger partial charge in [-0.3, -0.25) is 9.80 Å². The number of rotatable bonds is 7. The Morgan fingerprint density at radius 3 is 2.58 bits per heavy atom. The summed E-state index contributed by atoms with van der Waals surface area (Å²) in [5.74, 6) is 1.54. The molecule has 6 nitrogen and oxygen atoms in total. The van der Waals surface area contributed by atoms with E-state index in [1.54, 1.807) is 7.11 Å². The lowest BCUT2D eigenvalue weighted by Gasteiger charge is -2.26. The van der Waals surface area contributed by atoms with Gasteiger partial charge in [-0.25, -0.2) is 0 Å². The highest BCUT2D eigenvalue weighted by Crippen LogP contribution is 2.33. The summed E-state index contributed by atoms with van der Waals surface area (Å²) in [6.45, 7) is 3.19. The van der Waals surface area contributed by atoms with Crippen LogP contribution in [0.25, 0.3) is 0 Å². The van der Waals surface area contributed by atoms with Gasteiger partial charge in [0.1, 0.15) is 0 Å². The maximum absolute atomic E-state index is 11.2. The van der Waals surface area contributed by atoms with Gasteiger partial charge in [0.2, 0.25) is 5.91 Å². The molecular formula is C25H31N3O3. The highest BCUT2D eigenvalue weighted by atomic mass is 16.5. The molecule has 31 heavy (non-hydrogen) atoms. The van der Waals surface area contributed by atoms with Gasteiger partial charge in [-0.05, 0) is 74.4 Å². The number of nitrogens with one attached hydrogen (secondary N) is 1. The first-order valence-electron chi connectivity index (χ1n) is 11.1. The number of methoxy groups -OCH3 is 1. The van der Waals surface area contributed by atoms with Crippen LogP contribution in [0.5, 0.6) is 11.5 Å². The molecule has 164 valence electrons. The summed E-state index contributed by atoms with van der Waals surface area (Å²) in [5.41, 5.74) is 4.16. The van der Waals surface area contributed by atoms with Gasteiger partial charge in [0, 0.05) is 24.7 Å². The third-order valence-electron chi connectivity index (χ3n) is 5.82. The van der Waals surface area contributed by atoms with Gasteiger partial charge in [0.15, 0.2) is 11.5 Å². The molecular weight excluding hydrogens is 390 g/mol. The molecule has 0 radical (unpaired) electrons. The average Bonchev–Trinajstić information content (AvgIpc) is 3.28. The first-order chi connectivity index (χ1) is 15.1. The number of anilines is 1. The molecule has 2 aliphatic rings. The zero-order valence-electron chi connectivity index (χ0n) is 18.4. The minimum absolute atomic E-state index is 0.0613. The van der Waals surface area contributed by atoms with Crippen molar-refractivity contribution in [3.63, 3.8) is 0 Å². The lowest BCUT2D eigenvalue weighted by Crippen LogP contribution is -2.26. The van der Waals surface area contributed by atoms with Crippen LogP contribution in [0.4, 0.5) is 5.69 Å². The van der Waals surface area contributed by atoms with Crippen molar-refractivity contribution < 1.29 is 14.3 Å². The van der Waals surface area contributed by atoms with E-state index in [1.807, 2.05) is 30.3 Å². The molecule has 4 rings (SSSR count). The number of benzene rings is 2. The lowest BCUT2D eigenvalue weighted by molar-refractivity contribution is -0.114. The maximum atomic E-state index is 11.2. The molecule has 1 saturated carbocycles. The monoisotopic (exact) mass is 421 g/mol. The van der Waals surface area contributed by atoms with Crippen LogP contribution in [0.2, 0.25) is 0 Å². The SMILES string of the molecule is COc1ccc(C2=NN(Cc3ccc(NC(C)=O)cc3)CCC2)cc1OC1CCCC1. The van der Waals surface area contributed by atoms with Crippen molar-refractivity contribution in [1.82, 2.24) is 5.01 Å². The van der Waals surface area contributed by atoms with Crippen LogP contribution in [0.3, 0.4) is 0 Å². The predicted molar refractivity (Wildman–Crippen MR) is 123 cm³/mol. The zero-order valence-corrected chi connectivity index (χ0v) is 18.4. The second kappa shape index (κ2) is 9.86. The topological polar surface area (TPSA) is 63.2 Å². The summed E-state index contributed by atoms with van der Waals surface area (Å²) >= 11 is 0. The van der Waals surface area contributed by atoms with Gasteiger partial charge in [-0.15, -0.1) is 0 Å². The Labute approximate surface area is 184 Å². The molecule has 1 heterocycles. The van der Waals surface area contributed by atoms with Crippen molar-refractivity contribution in [2.24, 2.45) is 5.10 Å². The summed E-state index contributed by atoms with van der Waals surface area (Å²) in [4.78, 5) is 11.2. The van der Waals surface area contributed by atoms with Gasteiger partial charge in [0.05, 0.1) is 25.5 Å². The molecule has 0 saturated heterocycles. The van der Waals surface area contributed by atoms with E-state index in [4.69, 9.17) is 14.6 Å². The zero-order chi connectivity index (χ0) is 21.6. The molecule has 1 aliphatic heterocycles. The molecule has 1 amide bonds. The molecule has 0 spiro atoms. The fourth-order valence-electron chi connectivity index (χ4n) is 4.26. The fourth-order valence-corrected chi connectivity index (χ4v) is 4.26. The standard InChI is InChI=1S/C25H31N3O3/c1-18(29)26-21-12-9-19(10-13-21)17-28-15-5-8-23(27-28)20-11-14-24(30-2)25(16-20)31-22-6-3-4-7-22/h9-14,16,22H,3-8,15,17H2,1-2H3,(H,26,29). The van der Waals surface area contributed by atoms with Crippen molar-refractivity contribution in [2.75, 3.05) is 19.0 Å². The number of carbonyl (C=O) groups is 1. The average molecular weight is 422 g/mol. The Morgan fingerprint density at radius 1 is 1.10 bits per heavy atom. The fraction of sp³-hybridized carbons (Fsp3) is 0.440. The van der Waals surface area contributed by atoms with Crippen LogP contribution in [-0.4, -0.2) is 36.4 Å². The second-order valence-electron chi connectivity index (χ2n) is 8.31. The van der Waals surface area contributed by atoms with Crippen LogP contribution in [0.1, 0.15) is 56.6 Å². The molecule has 2 aromatic carbocycles. The third-order valence-corrected chi connectivity index (χ3v) is 5.82. The normalized spacial score (nSPS) is 16.7. The van der Waals surface area contributed by atoms with E-state index in [-0.39, 0.29) is 12.0 Å². The van der Waals surface area contributed by atoms with Crippen molar-refractivity contribution in [1.29, 1.82) is 0 Å². The second-order valence-corrected chi connectivity index (χ2v) is 8.31. The Kier molecular flexibility index (Phi) is 6.75. The first-order valence-corrected chi connectivity index (χ1v) is 11.1. The molecule has 0 bridgehead atoms. The molecule has 1 aliphatic carbocycles. The number of hydrogen-bond donors (Lipinski definition) is 1. The predicted octanol–water partition coefficient (Wildman–Crippen LogP) is 4.98. The van der Waals surface area contributed by atoms with E-state index >= 15 is 0 Å². The lowest BCUT2D eigenvalue weighted by atomic mass is 10.0. The van der Waals surface area contributed by atoms with Crippen LogP contribution < -0.4 is 14.8 Å². The van der Waals surface area contributed by atoms with Crippen molar-refractivity contribution in [3.8, 4) is 11.5 Å².